The highest BCUT2D eigenvalue weighted by atomic mass is 32.2. The van der Waals surface area contributed by atoms with Gasteiger partial charge >= 0.3 is 0 Å². The predicted octanol–water partition coefficient (Wildman–Crippen LogP) is 1.93. The summed E-state index contributed by atoms with van der Waals surface area (Å²) in [5.41, 5.74) is 6.73. The zero-order valence-corrected chi connectivity index (χ0v) is 13.2. The van der Waals surface area contributed by atoms with Crippen molar-refractivity contribution in [3.63, 3.8) is 0 Å². The number of anilines is 2. The Bertz CT molecular complexity index is 721. The smallest absolute Gasteiger partial charge is 0.182 e. The lowest BCUT2D eigenvalue weighted by atomic mass is 10.2. The molecular formula is C14H20N4O2S. The fourth-order valence-electron chi connectivity index (χ4n) is 1.96. The van der Waals surface area contributed by atoms with Gasteiger partial charge in [0.2, 0.25) is 0 Å². The molecule has 0 aliphatic rings. The zero-order valence-electron chi connectivity index (χ0n) is 12.4. The van der Waals surface area contributed by atoms with E-state index in [1.165, 1.54) is 4.68 Å². The molecule has 1 aromatic carbocycles. The molecule has 0 aliphatic heterocycles. The van der Waals surface area contributed by atoms with Crippen LogP contribution in [0.15, 0.2) is 35.2 Å². The van der Waals surface area contributed by atoms with Crippen molar-refractivity contribution in [2.24, 2.45) is 5.92 Å². The minimum atomic E-state index is -3.47. The zero-order chi connectivity index (χ0) is 15.6. The highest BCUT2D eigenvalue weighted by molar-refractivity contribution is 7.91. The topological polar surface area (TPSA) is 90.0 Å². The number of nitrogens with two attached hydrogens (primary N) is 1. The van der Waals surface area contributed by atoms with Gasteiger partial charge in [-0.1, -0.05) is 32.0 Å². The Morgan fingerprint density at radius 1 is 1.29 bits per heavy atom. The van der Waals surface area contributed by atoms with Crippen LogP contribution in [0, 0.1) is 5.92 Å². The molecule has 2 rings (SSSR count). The van der Waals surface area contributed by atoms with E-state index in [9.17, 15) is 8.42 Å². The van der Waals surface area contributed by atoms with E-state index in [1.807, 2.05) is 44.2 Å². The molecule has 2 aromatic rings. The van der Waals surface area contributed by atoms with Gasteiger partial charge in [0.25, 0.3) is 0 Å². The maximum absolute atomic E-state index is 12.0. The highest BCUT2D eigenvalue weighted by Crippen LogP contribution is 2.29. The molecule has 0 spiro atoms. The monoisotopic (exact) mass is 308 g/mol. The van der Waals surface area contributed by atoms with Gasteiger partial charge in [0.15, 0.2) is 20.6 Å². The predicted molar refractivity (Wildman–Crippen MR) is 84.4 cm³/mol. The highest BCUT2D eigenvalue weighted by Gasteiger charge is 2.24. The van der Waals surface area contributed by atoms with Crippen molar-refractivity contribution < 1.29 is 8.42 Å². The molecule has 0 fully saturated rings. The second-order valence-corrected chi connectivity index (χ2v) is 7.31. The standard InChI is InChI=1S/C14H20N4O2S/c1-10(2)9-16-14-12(21(3,19)20)13(15)18(17-14)11-7-5-4-6-8-11/h4-8,10H,9,15H2,1-3H3,(H,16,17). The Morgan fingerprint density at radius 3 is 2.43 bits per heavy atom. The third-order valence-corrected chi connectivity index (χ3v) is 4.07. The number of sulfone groups is 1. The number of aromatic nitrogens is 2. The van der Waals surface area contributed by atoms with E-state index in [2.05, 4.69) is 10.4 Å². The fraction of sp³-hybridized carbons (Fsp3) is 0.357. The van der Waals surface area contributed by atoms with Crippen molar-refractivity contribution in [1.29, 1.82) is 0 Å². The lowest BCUT2D eigenvalue weighted by molar-refractivity contribution is 0.602. The largest absolute Gasteiger partial charge is 0.382 e. The van der Waals surface area contributed by atoms with E-state index in [0.29, 0.717) is 18.3 Å². The molecule has 7 heteroatoms. The first-order chi connectivity index (χ1) is 9.80. The van der Waals surface area contributed by atoms with Crippen LogP contribution in [-0.4, -0.2) is 31.0 Å². The molecule has 0 radical (unpaired) electrons. The molecule has 6 nitrogen and oxygen atoms in total. The van der Waals surface area contributed by atoms with Gasteiger partial charge in [-0.2, -0.15) is 0 Å². The molecule has 0 saturated carbocycles. The van der Waals surface area contributed by atoms with Gasteiger partial charge in [0.05, 0.1) is 5.69 Å². The van der Waals surface area contributed by atoms with E-state index < -0.39 is 9.84 Å². The van der Waals surface area contributed by atoms with Crippen LogP contribution in [0.1, 0.15) is 13.8 Å². The van der Waals surface area contributed by atoms with Crippen molar-refractivity contribution in [3.8, 4) is 5.69 Å². The summed E-state index contributed by atoms with van der Waals surface area (Å²) >= 11 is 0. The van der Waals surface area contributed by atoms with Gasteiger partial charge < -0.3 is 11.1 Å². The van der Waals surface area contributed by atoms with Crippen molar-refractivity contribution >= 4 is 21.5 Å². The number of rotatable bonds is 5. The number of nitrogens with zero attached hydrogens (tertiary/aromatic N) is 2. The fourth-order valence-corrected chi connectivity index (χ4v) is 2.90. The lowest BCUT2D eigenvalue weighted by Crippen LogP contribution is -2.11. The quantitative estimate of drug-likeness (QED) is 0.881. The Labute approximate surface area is 124 Å². The third-order valence-electron chi connectivity index (χ3n) is 2.93. The molecule has 0 saturated heterocycles. The lowest BCUT2D eigenvalue weighted by Gasteiger charge is -2.07. The summed E-state index contributed by atoms with van der Waals surface area (Å²) in [5.74, 6) is 0.781. The number of benzene rings is 1. The molecule has 0 aliphatic carbocycles. The van der Waals surface area contributed by atoms with E-state index in [-0.39, 0.29) is 10.7 Å². The van der Waals surface area contributed by atoms with Gasteiger partial charge in [-0.25, -0.2) is 13.1 Å². The molecule has 0 unspecified atom stereocenters. The number of nitrogen functional groups attached to an aromatic ring is 1. The van der Waals surface area contributed by atoms with Gasteiger partial charge in [-0.15, -0.1) is 5.10 Å². The minimum absolute atomic E-state index is 0.0482. The second kappa shape index (κ2) is 5.77. The molecule has 1 heterocycles. The van der Waals surface area contributed by atoms with Crippen LogP contribution in [0.3, 0.4) is 0 Å². The van der Waals surface area contributed by atoms with E-state index in [4.69, 9.17) is 5.73 Å². The normalized spacial score (nSPS) is 11.8. The minimum Gasteiger partial charge on any atom is -0.382 e. The van der Waals surface area contributed by atoms with Crippen LogP contribution in [-0.2, 0) is 9.84 Å². The number of para-hydroxylation sites is 1. The SMILES string of the molecule is CC(C)CNc1nn(-c2ccccc2)c(N)c1S(C)(=O)=O. The van der Waals surface area contributed by atoms with E-state index in [1.54, 1.807) is 0 Å². The Kier molecular flexibility index (Phi) is 4.22. The molecule has 0 bridgehead atoms. The summed E-state index contributed by atoms with van der Waals surface area (Å²) < 4.78 is 25.4. The Balaban J connectivity index is 2.55. The van der Waals surface area contributed by atoms with Crippen LogP contribution >= 0.6 is 0 Å². The molecule has 0 amide bonds. The van der Waals surface area contributed by atoms with E-state index in [0.717, 1.165) is 11.9 Å². The average Bonchev–Trinajstić information content (AvgIpc) is 2.74. The number of hydrogen-bond acceptors (Lipinski definition) is 5. The molecule has 114 valence electrons. The van der Waals surface area contributed by atoms with Crippen molar-refractivity contribution in [1.82, 2.24) is 9.78 Å². The third kappa shape index (κ3) is 3.36. The first kappa shape index (κ1) is 15.4. The second-order valence-electron chi connectivity index (χ2n) is 5.36. The van der Waals surface area contributed by atoms with E-state index >= 15 is 0 Å². The molecule has 1 aromatic heterocycles. The van der Waals surface area contributed by atoms with Gasteiger partial charge in [0, 0.05) is 12.8 Å². The van der Waals surface area contributed by atoms with Crippen LogP contribution < -0.4 is 11.1 Å². The van der Waals surface area contributed by atoms with Crippen LogP contribution in [0.4, 0.5) is 11.6 Å². The Hall–Kier alpha value is -2.02. The molecule has 3 N–H and O–H groups in total. The molecule has 21 heavy (non-hydrogen) atoms. The molecular weight excluding hydrogens is 288 g/mol. The maximum atomic E-state index is 12.0. The van der Waals surface area contributed by atoms with Crippen LogP contribution in [0.5, 0.6) is 0 Å². The van der Waals surface area contributed by atoms with Crippen LogP contribution in [0.2, 0.25) is 0 Å². The first-order valence-electron chi connectivity index (χ1n) is 6.68. The van der Waals surface area contributed by atoms with Crippen molar-refractivity contribution in [2.75, 3.05) is 23.9 Å². The number of nitrogens with one attached hydrogen (secondary N) is 1. The summed E-state index contributed by atoms with van der Waals surface area (Å²) in [6.45, 7) is 4.68. The summed E-state index contributed by atoms with van der Waals surface area (Å²) in [4.78, 5) is 0.0482. The average molecular weight is 308 g/mol. The van der Waals surface area contributed by atoms with Gasteiger partial charge in [-0.05, 0) is 18.1 Å². The number of hydrogen-bond donors (Lipinski definition) is 2. The summed E-state index contributed by atoms with van der Waals surface area (Å²) in [7, 11) is -3.47. The summed E-state index contributed by atoms with van der Waals surface area (Å²) in [6, 6.07) is 9.21. The van der Waals surface area contributed by atoms with Gasteiger partial charge in [0.1, 0.15) is 5.82 Å². The first-order valence-corrected chi connectivity index (χ1v) is 8.57. The van der Waals surface area contributed by atoms with Crippen molar-refractivity contribution in [3.05, 3.63) is 30.3 Å². The Morgan fingerprint density at radius 2 is 1.90 bits per heavy atom. The van der Waals surface area contributed by atoms with Gasteiger partial charge in [-0.3, -0.25) is 0 Å². The maximum Gasteiger partial charge on any atom is 0.182 e. The molecule has 0 atom stereocenters. The summed E-state index contributed by atoms with van der Waals surface area (Å²) in [5, 5.41) is 7.38. The summed E-state index contributed by atoms with van der Waals surface area (Å²) in [6.07, 6.45) is 1.14. The van der Waals surface area contributed by atoms with Crippen molar-refractivity contribution in [2.45, 2.75) is 18.7 Å². The van der Waals surface area contributed by atoms with Crippen LogP contribution in [0.25, 0.3) is 5.69 Å².